The SMILES string of the molecule is O=C1C=C[C@@H](O[SiH3])C1. The van der Waals surface area contributed by atoms with Crippen LogP contribution in [-0.4, -0.2) is 22.4 Å². The van der Waals surface area contributed by atoms with Gasteiger partial charge in [0.1, 0.15) is 10.5 Å². The summed E-state index contributed by atoms with van der Waals surface area (Å²) in [6, 6.07) is 0. The van der Waals surface area contributed by atoms with Crippen molar-refractivity contribution in [3.8, 4) is 0 Å². The highest BCUT2D eigenvalue weighted by Crippen LogP contribution is 2.07. The van der Waals surface area contributed by atoms with Gasteiger partial charge in [-0.1, -0.05) is 6.08 Å². The first-order valence-electron chi connectivity index (χ1n) is 2.57. The number of rotatable bonds is 1. The van der Waals surface area contributed by atoms with Crippen LogP contribution < -0.4 is 0 Å². The van der Waals surface area contributed by atoms with Gasteiger partial charge in [0.25, 0.3) is 0 Å². The van der Waals surface area contributed by atoms with E-state index in [9.17, 15) is 4.79 Å². The molecule has 0 aliphatic heterocycles. The van der Waals surface area contributed by atoms with E-state index >= 15 is 0 Å². The van der Waals surface area contributed by atoms with E-state index in [1.165, 1.54) is 0 Å². The first-order valence-corrected chi connectivity index (χ1v) is 3.38. The van der Waals surface area contributed by atoms with Crippen molar-refractivity contribution in [2.45, 2.75) is 12.5 Å². The van der Waals surface area contributed by atoms with Crippen LogP contribution in [0.2, 0.25) is 0 Å². The quantitative estimate of drug-likeness (QED) is 0.431. The molecule has 0 spiro atoms. The molecule has 0 heterocycles. The molecule has 44 valence electrons. The summed E-state index contributed by atoms with van der Waals surface area (Å²) in [7, 11) is 0.719. The Bertz CT molecular complexity index is 130. The highest BCUT2D eigenvalue weighted by atomic mass is 28.2. The van der Waals surface area contributed by atoms with Gasteiger partial charge in [-0.3, -0.25) is 4.79 Å². The van der Waals surface area contributed by atoms with Crippen molar-refractivity contribution in [1.29, 1.82) is 0 Å². The minimum absolute atomic E-state index is 0.106. The second-order valence-corrected chi connectivity index (χ2v) is 2.28. The Balaban J connectivity index is 2.46. The van der Waals surface area contributed by atoms with Crippen LogP contribution in [0.15, 0.2) is 12.2 Å². The van der Waals surface area contributed by atoms with Gasteiger partial charge >= 0.3 is 0 Å². The van der Waals surface area contributed by atoms with E-state index in [-0.39, 0.29) is 11.9 Å². The summed E-state index contributed by atoms with van der Waals surface area (Å²) < 4.78 is 5.01. The van der Waals surface area contributed by atoms with Crippen LogP contribution in [-0.2, 0) is 9.22 Å². The van der Waals surface area contributed by atoms with Crippen LogP contribution in [0.3, 0.4) is 0 Å². The molecule has 0 aromatic carbocycles. The van der Waals surface area contributed by atoms with Gasteiger partial charge in [0, 0.05) is 6.42 Å². The average Bonchev–Trinajstić information content (AvgIpc) is 2.14. The topological polar surface area (TPSA) is 26.3 Å². The highest BCUT2D eigenvalue weighted by Gasteiger charge is 2.12. The monoisotopic (exact) mass is 128 g/mol. The highest BCUT2D eigenvalue weighted by molar-refractivity contribution is 5.99. The largest absolute Gasteiger partial charge is 0.421 e. The lowest BCUT2D eigenvalue weighted by atomic mass is 10.3. The summed E-state index contributed by atoms with van der Waals surface area (Å²) in [5, 5.41) is 0. The van der Waals surface area contributed by atoms with Gasteiger partial charge in [0.2, 0.25) is 0 Å². The third kappa shape index (κ3) is 1.05. The standard InChI is InChI=1S/C5H8O2Si/c6-4-1-2-5(3-4)7-8/h1-2,5H,3H2,8H3/t5-/m1/s1. The van der Waals surface area contributed by atoms with Crippen molar-refractivity contribution < 1.29 is 9.22 Å². The zero-order chi connectivity index (χ0) is 5.98. The maximum Gasteiger partial charge on any atom is 0.158 e. The minimum Gasteiger partial charge on any atom is -0.421 e. The van der Waals surface area contributed by atoms with Gasteiger partial charge in [-0.2, -0.15) is 0 Å². The normalized spacial score (nSPS) is 27.5. The Morgan fingerprint density at radius 3 is 2.88 bits per heavy atom. The molecule has 1 aliphatic rings. The van der Waals surface area contributed by atoms with Crippen LogP contribution >= 0.6 is 0 Å². The summed E-state index contributed by atoms with van der Waals surface area (Å²) in [5.74, 6) is 0.186. The molecule has 0 radical (unpaired) electrons. The predicted molar refractivity (Wildman–Crippen MR) is 33.6 cm³/mol. The molecule has 2 nitrogen and oxygen atoms in total. The molecule has 1 rings (SSSR count). The van der Waals surface area contributed by atoms with Gasteiger partial charge < -0.3 is 4.43 Å². The maximum absolute atomic E-state index is 10.5. The molecule has 0 aromatic heterocycles. The molecule has 0 amide bonds. The summed E-state index contributed by atoms with van der Waals surface area (Å²) in [5.41, 5.74) is 0. The van der Waals surface area contributed by atoms with Crippen molar-refractivity contribution in [3.05, 3.63) is 12.2 Å². The summed E-state index contributed by atoms with van der Waals surface area (Å²) in [4.78, 5) is 10.5. The smallest absolute Gasteiger partial charge is 0.158 e. The van der Waals surface area contributed by atoms with Crippen LogP contribution in [0.5, 0.6) is 0 Å². The number of hydrogen-bond donors (Lipinski definition) is 0. The molecule has 0 aromatic rings. The molecule has 8 heavy (non-hydrogen) atoms. The van der Waals surface area contributed by atoms with Gasteiger partial charge in [0.15, 0.2) is 5.78 Å². The Morgan fingerprint density at radius 2 is 2.62 bits per heavy atom. The number of carbonyl (C=O) groups is 1. The summed E-state index contributed by atoms with van der Waals surface area (Å²) in [6.45, 7) is 0. The Morgan fingerprint density at radius 1 is 1.88 bits per heavy atom. The number of carbonyl (C=O) groups excluding carboxylic acids is 1. The fraction of sp³-hybridized carbons (Fsp3) is 0.400. The average molecular weight is 128 g/mol. The first kappa shape index (κ1) is 5.72. The van der Waals surface area contributed by atoms with E-state index in [0.29, 0.717) is 6.42 Å². The van der Waals surface area contributed by atoms with E-state index in [2.05, 4.69) is 0 Å². The van der Waals surface area contributed by atoms with E-state index in [1.54, 1.807) is 6.08 Å². The molecule has 0 bridgehead atoms. The summed E-state index contributed by atoms with van der Waals surface area (Å²) >= 11 is 0. The fourth-order valence-electron chi connectivity index (χ4n) is 0.711. The van der Waals surface area contributed by atoms with Crippen LogP contribution in [0.25, 0.3) is 0 Å². The van der Waals surface area contributed by atoms with Gasteiger partial charge in [-0.05, 0) is 6.08 Å². The molecule has 0 N–H and O–H groups in total. The van der Waals surface area contributed by atoms with Gasteiger partial charge in [0.05, 0.1) is 6.10 Å². The molecule has 1 aliphatic carbocycles. The van der Waals surface area contributed by atoms with Crippen LogP contribution in [0.4, 0.5) is 0 Å². The Kier molecular flexibility index (Phi) is 1.60. The molecule has 3 heteroatoms. The van der Waals surface area contributed by atoms with Crippen molar-refractivity contribution >= 4 is 16.3 Å². The van der Waals surface area contributed by atoms with Gasteiger partial charge in [-0.15, -0.1) is 0 Å². The number of allylic oxidation sites excluding steroid dienone is 1. The molecule has 0 saturated heterocycles. The second kappa shape index (κ2) is 2.24. The van der Waals surface area contributed by atoms with Crippen molar-refractivity contribution in [3.63, 3.8) is 0 Å². The fourth-order valence-corrected chi connectivity index (χ4v) is 1.03. The molecular weight excluding hydrogens is 120 g/mol. The molecule has 1 atom stereocenters. The third-order valence-electron chi connectivity index (χ3n) is 1.20. The molecule has 0 unspecified atom stereocenters. The van der Waals surface area contributed by atoms with Crippen molar-refractivity contribution in [2.24, 2.45) is 0 Å². The number of hydrogen-bond acceptors (Lipinski definition) is 2. The lowest BCUT2D eigenvalue weighted by Gasteiger charge is -2.00. The lowest BCUT2D eigenvalue weighted by molar-refractivity contribution is -0.114. The van der Waals surface area contributed by atoms with Crippen molar-refractivity contribution in [2.75, 3.05) is 0 Å². The van der Waals surface area contributed by atoms with E-state index in [1.807, 2.05) is 6.08 Å². The molecular formula is C5H8O2Si. The van der Waals surface area contributed by atoms with E-state index in [0.717, 1.165) is 10.5 Å². The lowest BCUT2D eigenvalue weighted by Crippen LogP contribution is -2.05. The van der Waals surface area contributed by atoms with Crippen LogP contribution in [0, 0.1) is 0 Å². The Labute approximate surface area is 51.1 Å². The van der Waals surface area contributed by atoms with E-state index in [4.69, 9.17) is 4.43 Å². The number of ketones is 1. The predicted octanol–water partition coefficient (Wildman–Crippen LogP) is -0.819. The molecule has 0 saturated carbocycles. The third-order valence-corrected chi connectivity index (χ3v) is 1.81. The Hall–Kier alpha value is -0.413. The zero-order valence-electron chi connectivity index (χ0n) is 4.76. The van der Waals surface area contributed by atoms with Crippen molar-refractivity contribution in [1.82, 2.24) is 0 Å². The first-order chi connectivity index (χ1) is 3.83. The summed E-state index contributed by atoms with van der Waals surface area (Å²) in [6.07, 6.45) is 4.07. The van der Waals surface area contributed by atoms with E-state index < -0.39 is 0 Å². The molecule has 0 fully saturated rings. The maximum atomic E-state index is 10.5. The zero-order valence-corrected chi connectivity index (χ0v) is 6.76. The van der Waals surface area contributed by atoms with Crippen LogP contribution in [0.1, 0.15) is 6.42 Å². The second-order valence-electron chi connectivity index (χ2n) is 1.80. The van der Waals surface area contributed by atoms with Gasteiger partial charge in [-0.25, -0.2) is 0 Å². The minimum atomic E-state index is 0.106.